The first kappa shape index (κ1) is 13.9. The van der Waals surface area contributed by atoms with Gasteiger partial charge in [0.2, 0.25) is 0 Å². The van der Waals surface area contributed by atoms with Crippen LogP contribution in [0.3, 0.4) is 0 Å². The molecule has 0 saturated carbocycles. The molecule has 0 saturated heterocycles. The van der Waals surface area contributed by atoms with Crippen LogP contribution in [-0.4, -0.2) is 15.8 Å². The minimum atomic E-state index is 0.103. The number of allylic oxidation sites excluding steroid dienone is 1. The van der Waals surface area contributed by atoms with Crippen LogP contribution in [0.25, 0.3) is 10.2 Å². The van der Waals surface area contributed by atoms with Crippen molar-refractivity contribution in [2.75, 3.05) is 6.26 Å². The monoisotopic (exact) mass is 306 g/mol. The second-order valence-corrected chi connectivity index (χ2v) is 7.19. The van der Waals surface area contributed by atoms with Gasteiger partial charge in [-0.25, -0.2) is 4.98 Å². The molecule has 0 aromatic carbocycles. The topological polar surface area (TPSA) is 34.9 Å². The van der Waals surface area contributed by atoms with Crippen molar-refractivity contribution in [2.45, 2.75) is 37.9 Å². The van der Waals surface area contributed by atoms with Gasteiger partial charge in [-0.1, -0.05) is 24.8 Å². The van der Waals surface area contributed by atoms with E-state index in [1.54, 1.807) is 22.0 Å². The van der Waals surface area contributed by atoms with Crippen LogP contribution in [0.4, 0.5) is 0 Å². The van der Waals surface area contributed by atoms with Crippen molar-refractivity contribution >= 4 is 33.3 Å². The van der Waals surface area contributed by atoms with Crippen LogP contribution in [0.5, 0.6) is 0 Å². The lowest BCUT2D eigenvalue weighted by molar-refractivity contribution is 0.508. The number of aromatic nitrogens is 2. The molecule has 1 aliphatic rings. The van der Waals surface area contributed by atoms with Crippen molar-refractivity contribution in [3.63, 3.8) is 0 Å². The highest BCUT2D eigenvalue weighted by atomic mass is 32.2. The van der Waals surface area contributed by atoms with Gasteiger partial charge in [0.25, 0.3) is 5.56 Å². The molecule has 0 amide bonds. The van der Waals surface area contributed by atoms with Gasteiger partial charge in [-0.3, -0.25) is 9.36 Å². The zero-order valence-corrected chi connectivity index (χ0v) is 13.4. The molecule has 1 aliphatic carbocycles. The van der Waals surface area contributed by atoms with Crippen molar-refractivity contribution in [3.05, 3.63) is 33.4 Å². The van der Waals surface area contributed by atoms with Crippen LogP contribution >= 0.6 is 23.1 Å². The predicted octanol–water partition coefficient (Wildman–Crippen LogP) is 3.49. The van der Waals surface area contributed by atoms with Gasteiger partial charge in [0.05, 0.1) is 5.39 Å². The van der Waals surface area contributed by atoms with Gasteiger partial charge in [0, 0.05) is 11.4 Å². The fourth-order valence-corrected chi connectivity index (χ4v) is 4.68. The molecule has 0 spiro atoms. The summed E-state index contributed by atoms with van der Waals surface area (Å²) in [6.07, 6.45) is 7.04. The summed E-state index contributed by atoms with van der Waals surface area (Å²) in [7, 11) is 0. The molecule has 0 aliphatic heterocycles. The molecule has 0 radical (unpaired) electrons. The molecule has 3 rings (SSSR count). The van der Waals surface area contributed by atoms with E-state index in [9.17, 15) is 4.79 Å². The van der Waals surface area contributed by atoms with Crippen molar-refractivity contribution in [2.24, 2.45) is 5.92 Å². The molecule has 0 unspecified atom stereocenters. The quantitative estimate of drug-likeness (QED) is 0.494. The van der Waals surface area contributed by atoms with E-state index in [2.05, 4.69) is 13.5 Å². The summed E-state index contributed by atoms with van der Waals surface area (Å²) in [4.78, 5) is 19.8. The Balaban J connectivity index is 2.31. The maximum absolute atomic E-state index is 12.8. The maximum atomic E-state index is 12.8. The van der Waals surface area contributed by atoms with Crippen molar-refractivity contribution in [1.29, 1.82) is 0 Å². The summed E-state index contributed by atoms with van der Waals surface area (Å²) in [5, 5.41) is 1.64. The van der Waals surface area contributed by atoms with E-state index in [1.165, 1.54) is 28.6 Å². The van der Waals surface area contributed by atoms with Crippen LogP contribution in [0.2, 0.25) is 0 Å². The molecule has 3 nitrogen and oxygen atoms in total. The lowest BCUT2D eigenvalue weighted by Crippen LogP contribution is -2.23. The van der Waals surface area contributed by atoms with Crippen LogP contribution in [0, 0.1) is 5.92 Å². The highest BCUT2D eigenvalue weighted by Crippen LogP contribution is 2.36. The molecule has 2 aromatic rings. The number of hydrogen-bond donors (Lipinski definition) is 0. The molecule has 2 heterocycles. The summed E-state index contributed by atoms with van der Waals surface area (Å²) < 4.78 is 1.74. The smallest absolute Gasteiger partial charge is 0.263 e. The molecule has 106 valence electrons. The van der Waals surface area contributed by atoms with Crippen molar-refractivity contribution in [1.82, 2.24) is 9.55 Å². The number of fused-ring (bicyclic) bond motifs is 3. The van der Waals surface area contributed by atoms with E-state index >= 15 is 0 Å². The van der Waals surface area contributed by atoms with Crippen LogP contribution in [0.1, 0.15) is 23.8 Å². The predicted molar refractivity (Wildman–Crippen MR) is 87.0 cm³/mol. The number of hydrogen-bond acceptors (Lipinski definition) is 4. The number of aryl methyl sites for hydroxylation is 1. The second-order valence-electron chi connectivity index (χ2n) is 5.33. The molecule has 1 atom stereocenters. The average molecular weight is 306 g/mol. The van der Waals surface area contributed by atoms with E-state index in [-0.39, 0.29) is 5.56 Å². The first-order chi connectivity index (χ1) is 9.65. The van der Waals surface area contributed by atoms with Crippen LogP contribution in [0.15, 0.2) is 22.6 Å². The first-order valence-electron chi connectivity index (χ1n) is 6.85. The third kappa shape index (κ3) is 2.13. The Morgan fingerprint density at radius 3 is 3.10 bits per heavy atom. The van der Waals surface area contributed by atoms with Gasteiger partial charge >= 0.3 is 0 Å². The maximum Gasteiger partial charge on any atom is 0.263 e. The number of nitrogens with zero attached hydrogens (tertiary/aromatic N) is 2. The fourth-order valence-electron chi connectivity index (χ4n) is 2.86. The summed E-state index contributed by atoms with van der Waals surface area (Å²) in [6, 6.07) is 0. The molecule has 0 bridgehead atoms. The highest BCUT2D eigenvalue weighted by Gasteiger charge is 2.24. The Kier molecular flexibility index (Phi) is 3.73. The molecular formula is C15H18N2OS2. The van der Waals surface area contributed by atoms with Crippen molar-refractivity contribution < 1.29 is 0 Å². The standard InChI is InChI=1S/C15H18N2OS2/c1-4-7-17-14(18)12-10-8-9(2)5-6-11(10)20-13(12)16-15(17)19-3/h4,9H,1,5-8H2,2-3H3/t9-/m1/s1. The molecule has 20 heavy (non-hydrogen) atoms. The molecule has 0 N–H and O–H groups in total. The van der Waals surface area contributed by atoms with Gasteiger partial charge < -0.3 is 0 Å². The van der Waals surface area contributed by atoms with E-state index < -0.39 is 0 Å². The fraction of sp³-hybridized carbons (Fsp3) is 0.467. The second kappa shape index (κ2) is 5.37. The van der Waals surface area contributed by atoms with E-state index in [0.29, 0.717) is 12.5 Å². The Bertz CT molecular complexity index is 730. The third-order valence-electron chi connectivity index (χ3n) is 3.87. The SMILES string of the molecule is C=CCn1c(SC)nc2sc3c(c2c1=O)C[C@H](C)CC3. The molecular weight excluding hydrogens is 288 g/mol. The summed E-state index contributed by atoms with van der Waals surface area (Å²) >= 11 is 3.23. The van der Waals surface area contributed by atoms with Gasteiger partial charge in [0.15, 0.2) is 5.16 Å². The summed E-state index contributed by atoms with van der Waals surface area (Å²) in [5.41, 5.74) is 1.36. The molecule has 5 heteroatoms. The number of thiophene rings is 1. The zero-order chi connectivity index (χ0) is 14.3. The Labute approximate surface area is 126 Å². The Hall–Kier alpha value is -1.07. The van der Waals surface area contributed by atoms with Gasteiger partial charge in [-0.2, -0.15) is 0 Å². The molecule has 2 aromatic heterocycles. The Morgan fingerprint density at radius 2 is 2.40 bits per heavy atom. The van der Waals surface area contributed by atoms with Crippen molar-refractivity contribution in [3.8, 4) is 0 Å². The third-order valence-corrected chi connectivity index (χ3v) is 5.73. The van der Waals surface area contributed by atoms with Crippen LogP contribution < -0.4 is 5.56 Å². The van der Waals surface area contributed by atoms with E-state index in [0.717, 1.165) is 28.2 Å². The minimum Gasteiger partial charge on any atom is -0.283 e. The summed E-state index contributed by atoms with van der Waals surface area (Å²) in [5.74, 6) is 0.660. The zero-order valence-electron chi connectivity index (χ0n) is 11.8. The first-order valence-corrected chi connectivity index (χ1v) is 8.89. The minimum absolute atomic E-state index is 0.103. The Morgan fingerprint density at radius 1 is 1.60 bits per heavy atom. The van der Waals surface area contributed by atoms with Crippen LogP contribution in [-0.2, 0) is 19.4 Å². The lowest BCUT2D eigenvalue weighted by atomic mass is 9.89. The highest BCUT2D eigenvalue weighted by molar-refractivity contribution is 7.98. The number of thioether (sulfide) groups is 1. The lowest BCUT2D eigenvalue weighted by Gasteiger charge is -2.17. The molecule has 0 fully saturated rings. The van der Waals surface area contributed by atoms with Gasteiger partial charge in [-0.15, -0.1) is 17.9 Å². The normalized spacial score (nSPS) is 18.2. The average Bonchev–Trinajstić information content (AvgIpc) is 2.79. The number of rotatable bonds is 3. The van der Waals surface area contributed by atoms with E-state index in [4.69, 9.17) is 4.98 Å². The largest absolute Gasteiger partial charge is 0.283 e. The summed E-state index contributed by atoms with van der Waals surface area (Å²) in [6.45, 7) is 6.53. The van der Waals surface area contributed by atoms with Gasteiger partial charge in [-0.05, 0) is 37.0 Å². The van der Waals surface area contributed by atoms with Gasteiger partial charge in [0.1, 0.15) is 4.83 Å². The van der Waals surface area contributed by atoms with E-state index in [1.807, 2.05) is 6.26 Å².